The molecule has 1 N–H and O–H groups in total. The van der Waals surface area contributed by atoms with Crippen molar-refractivity contribution in [3.8, 4) is 0 Å². The van der Waals surface area contributed by atoms with E-state index in [0.29, 0.717) is 12.0 Å². The molecular weight excluding hydrogens is 174 g/mol. The van der Waals surface area contributed by atoms with Crippen molar-refractivity contribution in [2.75, 3.05) is 19.8 Å². The molecule has 0 spiro atoms. The van der Waals surface area contributed by atoms with Gasteiger partial charge in [0.05, 0.1) is 6.61 Å². The number of ether oxygens (including phenoxy) is 1. The predicted octanol–water partition coefficient (Wildman–Crippen LogP) is 1.63. The summed E-state index contributed by atoms with van der Waals surface area (Å²) in [6, 6.07) is 0.532. The van der Waals surface area contributed by atoms with Gasteiger partial charge in [0.2, 0.25) is 0 Å². The van der Waals surface area contributed by atoms with Crippen LogP contribution in [-0.4, -0.2) is 31.2 Å². The van der Waals surface area contributed by atoms with E-state index < -0.39 is 0 Å². The number of alkyl halides is 1. The Bertz CT molecular complexity index is 122. The summed E-state index contributed by atoms with van der Waals surface area (Å²) in [5, 5.41) is 3.65. The average molecular weight is 192 g/mol. The lowest BCUT2D eigenvalue weighted by Crippen LogP contribution is -2.35. The van der Waals surface area contributed by atoms with E-state index in [2.05, 4.69) is 19.2 Å². The highest BCUT2D eigenvalue weighted by atomic mass is 35.5. The molecule has 1 aliphatic rings. The number of halogens is 1. The molecule has 1 fully saturated rings. The molecular formula is C9H18ClNO. The third-order valence-electron chi connectivity index (χ3n) is 2.25. The van der Waals surface area contributed by atoms with Gasteiger partial charge in [-0.25, -0.2) is 0 Å². The molecule has 1 rings (SSSR count). The fourth-order valence-electron chi connectivity index (χ4n) is 1.21. The van der Waals surface area contributed by atoms with Crippen LogP contribution < -0.4 is 5.32 Å². The maximum absolute atomic E-state index is 6.09. The first-order valence-electron chi connectivity index (χ1n) is 4.65. The maximum atomic E-state index is 6.09. The Morgan fingerprint density at radius 3 is 2.83 bits per heavy atom. The maximum Gasteiger partial charge on any atom is 0.0620 e. The van der Waals surface area contributed by atoms with E-state index in [-0.39, 0.29) is 5.38 Å². The zero-order valence-electron chi connectivity index (χ0n) is 7.85. The number of nitrogens with one attached hydrogen (secondary N) is 1. The fraction of sp³-hybridized carbons (Fsp3) is 1.00. The van der Waals surface area contributed by atoms with Crippen molar-refractivity contribution >= 4 is 11.6 Å². The van der Waals surface area contributed by atoms with Crippen LogP contribution in [0.3, 0.4) is 0 Å². The molecule has 0 aromatic carbocycles. The molecule has 1 saturated heterocycles. The zero-order valence-corrected chi connectivity index (χ0v) is 8.60. The summed E-state index contributed by atoms with van der Waals surface area (Å²) in [7, 11) is 0. The van der Waals surface area contributed by atoms with Crippen molar-refractivity contribution < 1.29 is 4.74 Å². The molecule has 0 amide bonds. The average Bonchev–Trinajstić information content (AvgIpc) is 2.51. The third-order valence-corrected chi connectivity index (χ3v) is 2.91. The highest BCUT2D eigenvalue weighted by Gasteiger charge is 2.17. The van der Waals surface area contributed by atoms with Gasteiger partial charge in [0.1, 0.15) is 0 Å². The first-order chi connectivity index (χ1) is 5.70. The van der Waals surface area contributed by atoms with Gasteiger partial charge in [0.25, 0.3) is 0 Å². The van der Waals surface area contributed by atoms with Gasteiger partial charge in [-0.05, 0) is 12.3 Å². The topological polar surface area (TPSA) is 21.3 Å². The smallest absolute Gasteiger partial charge is 0.0620 e. The van der Waals surface area contributed by atoms with Gasteiger partial charge in [-0.2, -0.15) is 0 Å². The molecule has 0 aromatic rings. The van der Waals surface area contributed by atoms with Crippen LogP contribution in [0, 0.1) is 5.92 Å². The SMILES string of the molecule is CC(C)C(Cl)CNC1CCOC1. The molecule has 1 heterocycles. The minimum Gasteiger partial charge on any atom is -0.380 e. The van der Waals surface area contributed by atoms with Gasteiger partial charge in [0.15, 0.2) is 0 Å². The zero-order chi connectivity index (χ0) is 8.97. The summed E-state index contributed by atoms with van der Waals surface area (Å²) < 4.78 is 5.24. The molecule has 72 valence electrons. The molecule has 3 heteroatoms. The Kier molecular flexibility index (Phi) is 4.33. The van der Waals surface area contributed by atoms with Crippen LogP contribution in [0.5, 0.6) is 0 Å². The lowest BCUT2D eigenvalue weighted by molar-refractivity contribution is 0.190. The van der Waals surface area contributed by atoms with Gasteiger partial charge in [-0.3, -0.25) is 0 Å². The summed E-state index contributed by atoms with van der Waals surface area (Å²) in [4.78, 5) is 0. The van der Waals surface area contributed by atoms with Crippen LogP contribution in [0.25, 0.3) is 0 Å². The van der Waals surface area contributed by atoms with Gasteiger partial charge >= 0.3 is 0 Å². The van der Waals surface area contributed by atoms with Gasteiger partial charge in [-0.1, -0.05) is 13.8 Å². The van der Waals surface area contributed by atoms with E-state index in [1.165, 1.54) is 0 Å². The van der Waals surface area contributed by atoms with Crippen molar-refractivity contribution in [1.82, 2.24) is 5.32 Å². The second kappa shape index (κ2) is 5.05. The minimum absolute atomic E-state index is 0.241. The normalized spacial score (nSPS) is 26.5. The Morgan fingerprint density at radius 1 is 1.58 bits per heavy atom. The number of rotatable bonds is 4. The highest BCUT2D eigenvalue weighted by Crippen LogP contribution is 2.09. The van der Waals surface area contributed by atoms with Crippen LogP contribution in [0.2, 0.25) is 0 Å². The number of hydrogen-bond acceptors (Lipinski definition) is 2. The molecule has 0 aromatic heterocycles. The fourth-order valence-corrected chi connectivity index (χ4v) is 1.30. The van der Waals surface area contributed by atoms with E-state index in [0.717, 1.165) is 26.2 Å². The lowest BCUT2D eigenvalue weighted by atomic mass is 10.1. The van der Waals surface area contributed by atoms with E-state index >= 15 is 0 Å². The highest BCUT2D eigenvalue weighted by molar-refractivity contribution is 6.20. The van der Waals surface area contributed by atoms with Crippen LogP contribution >= 0.6 is 11.6 Å². The molecule has 12 heavy (non-hydrogen) atoms. The van der Waals surface area contributed by atoms with Crippen molar-refractivity contribution in [3.05, 3.63) is 0 Å². The van der Waals surface area contributed by atoms with Crippen molar-refractivity contribution in [2.45, 2.75) is 31.7 Å². The van der Waals surface area contributed by atoms with Crippen LogP contribution in [0.4, 0.5) is 0 Å². The molecule has 2 unspecified atom stereocenters. The molecule has 2 atom stereocenters. The number of hydrogen-bond donors (Lipinski definition) is 1. The van der Waals surface area contributed by atoms with E-state index in [9.17, 15) is 0 Å². The van der Waals surface area contributed by atoms with Gasteiger partial charge < -0.3 is 10.1 Å². The second-order valence-electron chi connectivity index (χ2n) is 3.73. The summed E-state index contributed by atoms with van der Waals surface area (Å²) in [5.41, 5.74) is 0. The quantitative estimate of drug-likeness (QED) is 0.683. The van der Waals surface area contributed by atoms with E-state index in [1.807, 2.05) is 0 Å². The van der Waals surface area contributed by atoms with Crippen molar-refractivity contribution in [2.24, 2.45) is 5.92 Å². The first-order valence-corrected chi connectivity index (χ1v) is 5.09. The van der Waals surface area contributed by atoms with Gasteiger partial charge in [-0.15, -0.1) is 11.6 Å². The van der Waals surface area contributed by atoms with Crippen LogP contribution in [0.15, 0.2) is 0 Å². The Morgan fingerprint density at radius 2 is 2.33 bits per heavy atom. The molecule has 0 saturated carbocycles. The first kappa shape index (κ1) is 10.3. The monoisotopic (exact) mass is 191 g/mol. The van der Waals surface area contributed by atoms with Crippen molar-refractivity contribution in [1.29, 1.82) is 0 Å². The Hall–Kier alpha value is 0.210. The van der Waals surface area contributed by atoms with E-state index in [1.54, 1.807) is 0 Å². The third kappa shape index (κ3) is 3.30. The van der Waals surface area contributed by atoms with Crippen molar-refractivity contribution in [3.63, 3.8) is 0 Å². The molecule has 0 radical (unpaired) electrons. The minimum atomic E-state index is 0.241. The largest absolute Gasteiger partial charge is 0.380 e. The standard InChI is InChI=1S/C9H18ClNO/c1-7(2)9(10)5-11-8-3-4-12-6-8/h7-9,11H,3-6H2,1-2H3. The Balaban J connectivity index is 2.07. The molecule has 1 aliphatic heterocycles. The Labute approximate surface area is 79.6 Å². The summed E-state index contributed by atoms with van der Waals surface area (Å²) in [6.45, 7) is 6.93. The second-order valence-corrected chi connectivity index (χ2v) is 4.29. The summed E-state index contributed by atoms with van der Waals surface area (Å²) in [5.74, 6) is 0.543. The lowest BCUT2D eigenvalue weighted by Gasteiger charge is -2.16. The summed E-state index contributed by atoms with van der Waals surface area (Å²) >= 11 is 6.09. The molecule has 0 bridgehead atoms. The van der Waals surface area contributed by atoms with E-state index in [4.69, 9.17) is 16.3 Å². The predicted molar refractivity (Wildman–Crippen MR) is 51.7 cm³/mol. The van der Waals surface area contributed by atoms with Crippen LogP contribution in [-0.2, 0) is 4.74 Å². The summed E-state index contributed by atoms with van der Waals surface area (Å²) in [6.07, 6.45) is 1.13. The molecule has 0 aliphatic carbocycles. The molecule has 2 nitrogen and oxygen atoms in total. The van der Waals surface area contributed by atoms with Crippen LogP contribution in [0.1, 0.15) is 20.3 Å². The van der Waals surface area contributed by atoms with Gasteiger partial charge in [0, 0.05) is 24.6 Å².